The smallest absolute Gasteiger partial charge is 0.410 e. The van der Waals surface area contributed by atoms with Gasteiger partial charge in [0.05, 0.1) is 33.2 Å². The van der Waals surface area contributed by atoms with Crippen LogP contribution in [0.3, 0.4) is 0 Å². The molecule has 0 spiro atoms. The van der Waals surface area contributed by atoms with Crippen molar-refractivity contribution in [2.75, 3.05) is 6.54 Å². The molecule has 1 N–H and O–H groups in total. The van der Waals surface area contributed by atoms with Crippen molar-refractivity contribution < 1.29 is 18.3 Å². The number of carbonyl (C=O) groups is 1. The van der Waals surface area contributed by atoms with Gasteiger partial charge in [0.1, 0.15) is 29.4 Å². The molecule has 1 saturated heterocycles. The van der Waals surface area contributed by atoms with Gasteiger partial charge in [0.2, 0.25) is 5.43 Å². The van der Waals surface area contributed by atoms with E-state index in [2.05, 4.69) is 25.9 Å². The fourth-order valence-corrected chi connectivity index (χ4v) is 5.08. The largest absolute Gasteiger partial charge is 0.456 e. The first-order valence-corrected chi connectivity index (χ1v) is 12.7. The van der Waals surface area contributed by atoms with Crippen molar-refractivity contribution in [2.24, 2.45) is 0 Å². The quantitative estimate of drug-likeness (QED) is 0.246. The highest BCUT2D eigenvalue weighted by molar-refractivity contribution is 9.10. The first-order valence-electron chi connectivity index (χ1n) is 11.9. The summed E-state index contributed by atoms with van der Waals surface area (Å²) in [6.45, 7) is 0.815. The third-order valence-electron chi connectivity index (χ3n) is 6.63. The number of rotatable bonds is 4. The first kappa shape index (κ1) is 23.4. The van der Waals surface area contributed by atoms with Gasteiger partial charge in [0, 0.05) is 12.1 Å². The zero-order valence-electron chi connectivity index (χ0n) is 19.5. The third kappa shape index (κ3) is 4.40. The summed E-state index contributed by atoms with van der Waals surface area (Å²) >= 11 is 3.13. The molecule has 3 aromatic carbocycles. The van der Waals surface area contributed by atoms with Crippen LogP contribution >= 0.6 is 15.9 Å². The number of amides is 1. The summed E-state index contributed by atoms with van der Waals surface area (Å²) in [7, 11) is 0. The molecular weight excluding hydrogens is 541 g/mol. The Hall–Kier alpha value is -3.98. The van der Waals surface area contributed by atoms with E-state index >= 15 is 0 Å². The van der Waals surface area contributed by atoms with Crippen LogP contribution in [-0.2, 0) is 11.3 Å². The van der Waals surface area contributed by atoms with E-state index < -0.39 is 5.82 Å². The van der Waals surface area contributed by atoms with Crippen molar-refractivity contribution >= 4 is 44.0 Å². The van der Waals surface area contributed by atoms with Gasteiger partial charge in [-0.15, -0.1) is 0 Å². The van der Waals surface area contributed by atoms with E-state index in [0.29, 0.717) is 34.5 Å². The number of imidazole rings is 1. The van der Waals surface area contributed by atoms with Gasteiger partial charge in [-0.3, -0.25) is 9.69 Å². The van der Waals surface area contributed by atoms with E-state index in [9.17, 15) is 14.0 Å². The zero-order chi connectivity index (χ0) is 25.5. The van der Waals surface area contributed by atoms with Crippen LogP contribution in [0.15, 0.2) is 80.5 Å². The lowest BCUT2D eigenvalue weighted by atomic mass is 10.1. The molecule has 6 rings (SSSR count). The molecule has 9 heteroatoms. The van der Waals surface area contributed by atoms with E-state index in [4.69, 9.17) is 9.15 Å². The molecule has 1 atom stereocenters. The molecule has 186 valence electrons. The van der Waals surface area contributed by atoms with Gasteiger partial charge in [0.25, 0.3) is 0 Å². The second-order valence-corrected chi connectivity index (χ2v) is 9.84. The average molecular weight is 562 g/mol. The molecule has 0 unspecified atom stereocenters. The summed E-state index contributed by atoms with van der Waals surface area (Å²) in [6, 6.07) is 17.2. The Morgan fingerprint density at radius 1 is 1.14 bits per heavy atom. The van der Waals surface area contributed by atoms with Crippen molar-refractivity contribution in [1.82, 2.24) is 14.9 Å². The number of fused-ring (bicyclic) bond motifs is 2. The predicted molar refractivity (Wildman–Crippen MR) is 141 cm³/mol. The van der Waals surface area contributed by atoms with Crippen molar-refractivity contribution in [3.8, 4) is 11.4 Å². The van der Waals surface area contributed by atoms with Crippen LogP contribution in [0.4, 0.5) is 9.18 Å². The summed E-state index contributed by atoms with van der Waals surface area (Å²) in [5.74, 6) is 0.0253. The number of carbonyl (C=O) groups excluding carboxylic acids is 1. The summed E-state index contributed by atoms with van der Waals surface area (Å²) in [5, 5.41) is 0.498. The summed E-state index contributed by atoms with van der Waals surface area (Å²) in [4.78, 5) is 35.4. The molecule has 1 aliphatic rings. The van der Waals surface area contributed by atoms with Gasteiger partial charge >= 0.3 is 6.09 Å². The van der Waals surface area contributed by atoms with Crippen molar-refractivity contribution in [3.05, 3.63) is 98.6 Å². The number of nitrogens with one attached hydrogen (secondary N) is 1. The van der Waals surface area contributed by atoms with Gasteiger partial charge < -0.3 is 14.1 Å². The highest BCUT2D eigenvalue weighted by Gasteiger charge is 2.32. The summed E-state index contributed by atoms with van der Waals surface area (Å²) in [5.41, 5.74) is 2.79. The van der Waals surface area contributed by atoms with Crippen LogP contribution in [0.25, 0.3) is 33.3 Å². The van der Waals surface area contributed by atoms with Gasteiger partial charge in [-0.25, -0.2) is 14.2 Å². The Kier molecular flexibility index (Phi) is 6.00. The molecule has 0 aliphatic carbocycles. The maximum Gasteiger partial charge on any atom is 0.410 e. The SMILES string of the molecule is O=C(OCc1ccccc1)N1CCC[C@H]1c1cnc(-c2ccc3oc4cc(Br)c(F)cc4c(=O)c3c2)[nH]1. The number of aromatic nitrogens is 2. The third-order valence-corrected chi connectivity index (χ3v) is 7.24. The first-order chi connectivity index (χ1) is 18.0. The number of likely N-dealkylation sites (tertiary alicyclic amines) is 1. The van der Waals surface area contributed by atoms with Crippen LogP contribution in [0, 0.1) is 5.82 Å². The molecule has 7 nitrogen and oxygen atoms in total. The second-order valence-electron chi connectivity index (χ2n) is 8.98. The topological polar surface area (TPSA) is 88.4 Å². The number of aromatic amines is 1. The number of halogens is 2. The summed E-state index contributed by atoms with van der Waals surface area (Å²) in [6.07, 6.45) is 2.99. The molecule has 0 radical (unpaired) electrons. The monoisotopic (exact) mass is 561 g/mol. The van der Waals surface area contributed by atoms with E-state index in [0.717, 1.165) is 24.1 Å². The Labute approximate surface area is 219 Å². The van der Waals surface area contributed by atoms with E-state index in [-0.39, 0.29) is 34.0 Å². The molecule has 1 aliphatic heterocycles. The zero-order valence-corrected chi connectivity index (χ0v) is 21.1. The molecule has 1 amide bonds. The molecule has 3 heterocycles. The Bertz CT molecular complexity index is 1700. The number of H-pyrrole nitrogens is 1. The maximum atomic E-state index is 14.1. The van der Waals surface area contributed by atoms with Gasteiger partial charge in [-0.1, -0.05) is 30.3 Å². The Balaban J connectivity index is 1.26. The van der Waals surface area contributed by atoms with Crippen LogP contribution in [0.1, 0.15) is 30.1 Å². The molecule has 1 fully saturated rings. The average Bonchev–Trinajstić information content (AvgIpc) is 3.59. The lowest BCUT2D eigenvalue weighted by molar-refractivity contribution is 0.0915. The number of hydrogen-bond donors (Lipinski definition) is 1. The number of hydrogen-bond acceptors (Lipinski definition) is 5. The van der Waals surface area contributed by atoms with Crippen LogP contribution < -0.4 is 5.43 Å². The Morgan fingerprint density at radius 2 is 1.95 bits per heavy atom. The fraction of sp³-hybridized carbons (Fsp3) is 0.179. The minimum Gasteiger partial charge on any atom is -0.456 e. The van der Waals surface area contributed by atoms with Crippen LogP contribution in [-0.4, -0.2) is 27.5 Å². The van der Waals surface area contributed by atoms with Gasteiger partial charge in [-0.05, 0) is 64.7 Å². The maximum absolute atomic E-state index is 14.1. The molecule has 0 bridgehead atoms. The molecule has 5 aromatic rings. The predicted octanol–water partition coefficient (Wildman–Crippen LogP) is 6.71. The minimum atomic E-state index is -0.533. The number of nitrogens with zero attached hydrogens (tertiary/aromatic N) is 2. The standard InChI is InChI=1S/C28H21BrFN3O4/c29-20-13-25-19(12-21(20)30)26(34)18-11-17(8-9-24(18)37-25)27-31-14-22(32-27)23-7-4-10-33(23)28(35)36-15-16-5-2-1-3-6-16/h1-3,5-6,8-9,11-14,23H,4,7,10,15H2,(H,31,32)/t23-/m0/s1. The van der Waals surface area contributed by atoms with Crippen molar-refractivity contribution in [2.45, 2.75) is 25.5 Å². The van der Waals surface area contributed by atoms with Gasteiger partial charge in [0.15, 0.2) is 0 Å². The normalized spacial score (nSPS) is 15.5. The molecule has 0 saturated carbocycles. The van der Waals surface area contributed by atoms with E-state index in [1.807, 2.05) is 30.3 Å². The lowest BCUT2D eigenvalue weighted by Crippen LogP contribution is -2.31. The lowest BCUT2D eigenvalue weighted by Gasteiger charge is -2.23. The number of ether oxygens (including phenoxy) is 1. The van der Waals surface area contributed by atoms with Gasteiger partial charge in [-0.2, -0.15) is 0 Å². The highest BCUT2D eigenvalue weighted by Crippen LogP contribution is 2.33. The van der Waals surface area contributed by atoms with E-state index in [1.165, 1.54) is 12.1 Å². The van der Waals surface area contributed by atoms with Crippen molar-refractivity contribution in [1.29, 1.82) is 0 Å². The fourth-order valence-electron chi connectivity index (χ4n) is 4.76. The Morgan fingerprint density at radius 3 is 2.78 bits per heavy atom. The molecule has 2 aromatic heterocycles. The minimum absolute atomic E-state index is 0.168. The highest BCUT2D eigenvalue weighted by atomic mass is 79.9. The number of benzene rings is 3. The molecule has 37 heavy (non-hydrogen) atoms. The summed E-state index contributed by atoms with van der Waals surface area (Å²) < 4.78 is 25.7. The van der Waals surface area contributed by atoms with Crippen LogP contribution in [0.5, 0.6) is 0 Å². The van der Waals surface area contributed by atoms with Crippen molar-refractivity contribution in [3.63, 3.8) is 0 Å². The van der Waals surface area contributed by atoms with Crippen LogP contribution in [0.2, 0.25) is 0 Å². The van der Waals surface area contributed by atoms with E-state index in [1.54, 1.807) is 29.3 Å². The molecular formula is C28H21BrFN3O4. The second kappa shape index (κ2) is 9.48.